The van der Waals surface area contributed by atoms with E-state index in [9.17, 15) is 9.59 Å². The lowest BCUT2D eigenvalue weighted by atomic mass is 10.0. The molecule has 4 rings (SSSR count). The summed E-state index contributed by atoms with van der Waals surface area (Å²) in [5.41, 5.74) is 2.41. The molecule has 182 valence electrons. The number of piperazine rings is 1. The third-order valence-electron chi connectivity index (χ3n) is 7.74. The molecule has 0 aliphatic carbocycles. The number of carbonyl (C=O) groups excluding carboxylic acids is 2. The van der Waals surface area contributed by atoms with Gasteiger partial charge in [-0.25, -0.2) is 0 Å². The van der Waals surface area contributed by atoms with Gasteiger partial charge in [-0.1, -0.05) is 12.1 Å². The van der Waals surface area contributed by atoms with Crippen LogP contribution in [0.5, 0.6) is 0 Å². The molecule has 0 saturated carbocycles. The van der Waals surface area contributed by atoms with E-state index in [1.165, 1.54) is 11.3 Å². The topological polar surface area (TPSA) is 62.4 Å². The molecule has 3 atom stereocenters. The Morgan fingerprint density at radius 1 is 1.06 bits per heavy atom. The first-order valence-electron chi connectivity index (χ1n) is 12.3. The number of anilines is 1. The summed E-state index contributed by atoms with van der Waals surface area (Å²) in [6, 6.07) is 8.84. The molecular formula is C25H40N6O2. The van der Waals surface area contributed by atoms with Crippen LogP contribution in [-0.4, -0.2) is 117 Å². The number of amides is 2. The minimum atomic E-state index is -0.137. The average Bonchev–Trinajstić information content (AvgIpc) is 3.17. The lowest BCUT2D eigenvalue weighted by Gasteiger charge is -2.35. The van der Waals surface area contributed by atoms with Gasteiger partial charge in [0.05, 0.1) is 0 Å². The molecule has 3 saturated heterocycles. The summed E-state index contributed by atoms with van der Waals surface area (Å²) in [6.07, 6.45) is 2.32. The number of nitrogens with zero attached hydrogens (tertiary/aromatic N) is 5. The van der Waals surface area contributed by atoms with E-state index < -0.39 is 0 Å². The maximum atomic E-state index is 13.1. The van der Waals surface area contributed by atoms with Crippen molar-refractivity contribution in [1.82, 2.24) is 24.9 Å². The second-order valence-corrected chi connectivity index (χ2v) is 10.1. The standard InChI is InChI=1S/C25H40N6O2/c1-27(2)20-7-5-19(6-8-20)18-31-12-11-22-24(31)25(33)26-17-21(29(22)4)9-10-23(32)30-15-13-28(3)14-16-30/h5-8,21-22,24H,9-18H2,1-4H3,(H,26,33)/t21-,22-,24-/m1/s1. The highest BCUT2D eigenvalue weighted by Crippen LogP contribution is 2.29. The van der Waals surface area contributed by atoms with E-state index in [1.807, 2.05) is 19.0 Å². The van der Waals surface area contributed by atoms with Crippen LogP contribution in [0.15, 0.2) is 24.3 Å². The third kappa shape index (κ3) is 5.50. The molecule has 0 unspecified atom stereocenters. The molecule has 1 N–H and O–H groups in total. The van der Waals surface area contributed by atoms with Crippen molar-refractivity contribution in [3.8, 4) is 0 Å². The Bertz CT molecular complexity index is 821. The maximum absolute atomic E-state index is 13.1. The third-order valence-corrected chi connectivity index (χ3v) is 7.74. The predicted molar refractivity (Wildman–Crippen MR) is 131 cm³/mol. The van der Waals surface area contributed by atoms with Crippen LogP contribution in [0, 0.1) is 0 Å². The van der Waals surface area contributed by atoms with E-state index in [1.54, 1.807) is 0 Å². The fraction of sp³-hybridized carbons (Fsp3) is 0.680. The van der Waals surface area contributed by atoms with E-state index in [4.69, 9.17) is 0 Å². The fourth-order valence-corrected chi connectivity index (χ4v) is 5.46. The summed E-state index contributed by atoms with van der Waals surface area (Å²) >= 11 is 0. The van der Waals surface area contributed by atoms with Crippen LogP contribution in [0.2, 0.25) is 0 Å². The van der Waals surface area contributed by atoms with E-state index in [0.717, 1.165) is 52.1 Å². The van der Waals surface area contributed by atoms with Crippen LogP contribution in [0.4, 0.5) is 5.69 Å². The van der Waals surface area contributed by atoms with Crippen LogP contribution >= 0.6 is 0 Å². The lowest BCUT2D eigenvalue weighted by molar-refractivity contribution is -0.133. The minimum Gasteiger partial charge on any atom is -0.378 e. The van der Waals surface area contributed by atoms with Crippen LogP contribution in [0.3, 0.4) is 0 Å². The van der Waals surface area contributed by atoms with Gasteiger partial charge in [-0.2, -0.15) is 0 Å². The molecule has 0 radical (unpaired) electrons. The molecule has 1 aromatic carbocycles. The smallest absolute Gasteiger partial charge is 0.239 e. The predicted octanol–water partition coefficient (Wildman–Crippen LogP) is 0.680. The van der Waals surface area contributed by atoms with Gasteiger partial charge in [-0.3, -0.25) is 19.4 Å². The van der Waals surface area contributed by atoms with Crippen molar-refractivity contribution in [2.75, 3.05) is 72.4 Å². The van der Waals surface area contributed by atoms with Crippen molar-refractivity contribution in [3.05, 3.63) is 29.8 Å². The molecular weight excluding hydrogens is 416 g/mol. The zero-order valence-electron chi connectivity index (χ0n) is 20.7. The highest BCUT2D eigenvalue weighted by Gasteiger charge is 2.45. The fourth-order valence-electron chi connectivity index (χ4n) is 5.46. The van der Waals surface area contributed by atoms with Crippen molar-refractivity contribution in [1.29, 1.82) is 0 Å². The van der Waals surface area contributed by atoms with Gasteiger partial charge in [-0.15, -0.1) is 0 Å². The summed E-state index contributed by atoms with van der Waals surface area (Å²) < 4.78 is 0. The van der Waals surface area contributed by atoms with Crippen molar-refractivity contribution in [3.63, 3.8) is 0 Å². The number of rotatable bonds is 6. The molecule has 0 spiro atoms. The van der Waals surface area contributed by atoms with Gasteiger partial charge >= 0.3 is 0 Å². The average molecular weight is 457 g/mol. The van der Waals surface area contributed by atoms with Crippen LogP contribution in [0.1, 0.15) is 24.8 Å². The number of fused-ring (bicyclic) bond motifs is 1. The first kappa shape index (κ1) is 24.0. The summed E-state index contributed by atoms with van der Waals surface area (Å²) in [5.74, 6) is 0.375. The summed E-state index contributed by atoms with van der Waals surface area (Å²) in [5, 5.41) is 3.18. The van der Waals surface area contributed by atoms with Gasteiger partial charge in [-0.05, 0) is 44.6 Å². The summed E-state index contributed by atoms with van der Waals surface area (Å²) in [6.45, 7) is 5.84. The number of hydrogen-bond donors (Lipinski definition) is 1. The highest BCUT2D eigenvalue weighted by molar-refractivity contribution is 5.83. The molecule has 3 aliphatic rings. The van der Waals surface area contributed by atoms with Crippen LogP contribution in [-0.2, 0) is 16.1 Å². The van der Waals surface area contributed by atoms with Crippen molar-refractivity contribution >= 4 is 17.5 Å². The molecule has 3 aliphatic heterocycles. The first-order chi connectivity index (χ1) is 15.8. The second-order valence-electron chi connectivity index (χ2n) is 10.1. The molecule has 3 heterocycles. The van der Waals surface area contributed by atoms with E-state index in [-0.39, 0.29) is 29.9 Å². The summed E-state index contributed by atoms with van der Waals surface area (Å²) in [7, 11) is 8.32. The SMILES string of the molecule is CN1CCN(C(=O)CC[C@@H]2CNC(=O)[C@H]3[C@@H](CCN3Cc3ccc(N(C)C)cc3)N2C)CC1. The largest absolute Gasteiger partial charge is 0.378 e. The Morgan fingerprint density at radius 2 is 1.76 bits per heavy atom. The van der Waals surface area contributed by atoms with E-state index in [0.29, 0.717) is 13.0 Å². The first-order valence-corrected chi connectivity index (χ1v) is 12.3. The Balaban J connectivity index is 1.35. The number of likely N-dealkylation sites (N-methyl/N-ethyl adjacent to an activating group) is 2. The van der Waals surface area contributed by atoms with Gasteiger partial charge in [0.15, 0.2) is 0 Å². The van der Waals surface area contributed by atoms with Crippen molar-refractivity contribution < 1.29 is 9.59 Å². The van der Waals surface area contributed by atoms with Crippen molar-refractivity contribution in [2.45, 2.75) is 43.9 Å². The summed E-state index contributed by atoms with van der Waals surface area (Å²) in [4.78, 5) is 36.9. The molecule has 3 fully saturated rings. The monoisotopic (exact) mass is 456 g/mol. The van der Waals surface area contributed by atoms with E-state index >= 15 is 0 Å². The molecule has 2 amide bonds. The Hall–Kier alpha value is -2.16. The molecule has 33 heavy (non-hydrogen) atoms. The minimum absolute atomic E-state index is 0.127. The van der Waals surface area contributed by atoms with Gasteiger partial charge in [0.1, 0.15) is 6.04 Å². The van der Waals surface area contributed by atoms with Gasteiger partial charge in [0.25, 0.3) is 0 Å². The molecule has 0 aromatic heterocycles. The number of carbonyl (C=O) groups is 2. The normalized spacial score (nSPS) is 27.2. The molecule has 1 aromatic rings. The second kappa shape index (κ2) is 10.4. The zero-order valence-corrected chi connectivity index (χ0v) is 20.7. The molecule has 8 heteroatoms. The maximum Gasteiger partial charge on any atom is 0.239 e. The number of hydrogen-bond acceptors (Lipinski definition) is 6. The Kier molecular flexibility index (Phi) is 7.56. The van der Waals surface area contributed by atoms with Gasteiger partial charge in [0.2, 0.25) is 11.8 Å². The number of benzene rings is 1. The van der Waals surface area contributed by atoms with E-state index in [2.05, 4.69) is 63.3 Å². The van der Waals surface area contributed by atoms with Crippen LogP contribution in [0.25, 0.3) is 0 Å². The molecule has 8 nitrogen and oxygen atoms in total. The lowest BCUT2D eigenvalue weighted by Crippen LogP contribution is -2.50. The number of likely N-dealkylation sites (tertiary alicyclic amines) is 1. The Morgan fingerprint density at radius 3 is 2.42 bits per heavy atom. The zero-order chi connectivity index (χ0) is 23.5. The van der Waals surface area contributed by atoms with Crippen LogP contribution < -0.4 is 10.2 Å². The number of nitrogens with one attached hydrogen (secondary N) is 1. The molecule has 0 bridgehead atoms. The van der Waals surface area contributed by atoms with Gasteiger partial charge in [0, 0.05) is 84.1 Å². The van der Waals surface area contributed by atoms with Crippen molar-refractivity contribution in [2.24, 2.45) is 0 Å². The highest BCUT2D eigenvalue weighted by atomic mass is 16.2. The Labute approximate surface area is 198 Å². The quantitative estimate of drug-likeness (QED) is 0.679. The van der Waals surface area contributed by atoms with Gasteiger partial charge < -0.3 is 20.0 Å².